The zero-order valence-corrected chi connectivity index (χ0v) is 17.5. The van der Waals surface area contributed by atoms with E-state index < -0.39 is 0 Å². The predicted octanol–water partition coefficient (Wildman–Crippen LogP) is 3.86. The molecule has 5 heteroatoms. The van der Waals surface area contributed by atoms with Crippen LogP contribution in [0.2, 0.25) is 0 Å². The number of aromatic nitrogens is 1. The number of nitrogens with zero attached hydrogens (tertiary/aromatic N) is 3. The van der Waals surface area contributed by atoms with Crippen molar-refractivity contribution in [1.82, 2.24) is 15.6 Å². The summed E-state index contributed by atoms with van der Waals surface area (Å²) in [5, 5.41) is 7.05. The van der Waals surface area contributed by atoms with Gasteiger partial charge in [-0.15, -0.1) is 0 Å². The van der Waals surface area contributed by atoms with Crippen LogP contribution in [0, 0.1) is 0 Å². The van der Waals surface area contributed by atoms with Crippen molar-refractivity contribution in [1.29, 1.82) is 0 Å². The molecule has 2 N–H and O–H groups in total. The summed E-state index contributed by atoms with van der Waals surface area (Å²) in [4.78, 5) is 11.4. The van der Waals surface area contributed by atoms with Crippen molar-refractivity contribution < 1.29 is 0 Å². The first-order chi connectivity index (χ1) is 14.3. The third-order valence-electron chi connectivity index (χ3n) is 6.46. The van der Waals surface area contributed by atoms with Gasteiger partial charge in [0, 0.05) is 44.8 Å². The molecular weight excluding hydrogens is 358 g/mol. The standard InChI is InChI=1S/C24H33N5/c1-25-23(28-19-24(12-8-13-24)21-9-4-2-5-10-21)27-18-20-11-14-26-22(17-20)29-15-6-3-7-16-29/h2,4-5,9-11,14,17H,3,6-8,12-13,15-16,18-19H2,1H3,(H2,25,27,28). The molecule has 0 unspecified atom stereocenters. The highest BCUT2D eigenvalue weighted by atomic mass is 15.2. The number of pyridine rings is 1. The molecule has 2 aromatic rings. The largest absolute Gasteiger partial charge is 0.357 e. The lowest BCUT2D eigenvalue weighted by molar-refractivity contribution is 0.244. The van der Waals surface area contributed by atoms with Crippen LogP contribution in [0.3, 0.4) is 0 Å². The molecule has 0 atom stereocenters. The molecule has 4 rings (SSSR count). The van der Waals surface area contributed by atoms with E-state index in [0.29, 0.717) is 0 Å². The lowest BCUT2D eigenvalue weighted by Gasteiger charge is -2.43. The lowest BCUT2D eigenvalue weighted by atomic mass is 9.64. The van der Waals surface area contributed by atoms with Gasteiger partial charge in [-0.1, -0.05) is 36.8 Å². The molecule has 154 valence electrons. The fraction of sp³-hybridized carbons (Fsp3) is 0.500. The number of benzene rings is 1. The molecule has 1 aromatic carbocycles. The zero-order chi connectivity index (χ0) is 19.9. The van der Waals surface area contributed by atoms with Crippen LogP contribution in [0.25, 0.3) is 0 Å². The first-order valence-electron chi connectivity index (χ1n) is 11.0. The van der Waals surface area contributed by atoms with Crippen LogP contribution < -0.4 is 15.5 Å². The molecule has 2 fully saturated rings. The van der Waals surface area contributed by atoms with E-state index in [1.54, 1.807) is 0 Å². The number of nitrogens with one attached hydrogen (secondary N) is 2. The van der Waals surface area contributed by atoms with E-state index in [2.05, 4.69) is 68.0 Å². The topological polar surface area (TPSA) is 52.6 Å². The Morgan fingerprint density at radius 1 is 1.03 bits per heavy atom. The highest BCUT2D eigenvalue weighted by Crippen LogP contribution is 2.43. The molecule has 1 aliphatic carbocycles. The third kappa shape index (κ3) is 4.72. The van der Waals surface area contributed by atoms with E-state index in [-0.39, 0.29) is 5.41 Å². The van der Waals surface area contributed by atoms with Gasteiger partial charge in [0.1, 0.15) is 5.82 Å². The van der Waals surface area contributed by atoms with Crippen molar-refractivity contribution in [3.63, 3.8) is 0 Å². The number of piperidine rings is 1. The maximum atomic E-state index is 4.58. The normalized spacial score (nSPS) is 18.8. The number of aliphatic imine (C=N–C) groups is 1. The Morgan fingerprint density at radius 2 is 1.83 bits per heavy atom. The Kier molecular flexibility index (Phi) is 6.33. The van der Waals surface area contributed by atoms with E-state index in [1.807, 2.05) is 13.2 Å². The molecule has 29 heavy (non-hydrogen) atoms. The molecule has 1 saturated carbocycles. The molecular formula is C24H33N5. The van der Waals surface area contributed by atoms with Gasteiger partial charge in [0.25, 0.3) is 0 Å². The van der Waals surface area contributed by atoms with E-state index in [4.69, 9.17) is 0 Å². The maximum absolute atomic E-state index is 4.58. The van der Waals surface area contributed by atoms with Crippen LogP contribution in [0.4, 0.5) is 5.82 Å². The molecule has 5 nitrogen and oxygen atoms in total. The molecule has 1 aliphatic heterocycles. The number of hydrogen-bond donors (Lipinski definition) is 2. The molecule has 0 spiro atoms. The minimum Gasteiger partial charge on any atom is -0.357 e. The highest BCUT2D eigenvalue weighted by Gasteiger charge is 2.38. The Hall–Kier alpha value is -2.56. The summed E-state index contributed by atoms with van der Waals surface area (Å²) < 4.78 is 0. The quantitative estimate of drug-likeness (QED) is 0.580. The molecule has 0 radical (unpaired) electrons. The minimum atomic E-state index is 0.247. The van der Waals surface area contributed by atoms with Crippen molar-refractivity contribution in [2.24, 2.45) is 4.99 Å². The minimum absolute atomic E-state index is 0.247. The van der Waals surface area contributed by atoms with Gasteiger partial charge in [0.15, 0.2) is 5.96 Å². The second kappa shape index (κ2) is 9.29. The summed E-state index contributed by atoms with van der Waals surface area (Å²) in [7, 11) is 1.84. The average Bonchev–Trinajstić information content (AvgIpc) is 2.76. The summed E-state index contributed by atoms with van der Waals surface area (Å²) in [6, 6.07) is 15.2. The summed E-state index contributed by atoms with van der Waals surface area (Å²) in [5.74, 6) is 1.97. The van der Waals surface area contributed by atoms with Gasteiger partial charge >= 0.3 is 0 Å². The van der Waals surface area contributed by atoms with Gasteiger partial charge in [0.2, 0.25) is 0 Å². The summed E-state index contributed by atoms with van der Waals surface area (Å²) in [6.45, 7) is 3.91. The van der Waals surface area contributed by atoms with Gasteiger partial charge in [-0.3, -0.25) is 4.99 Å². The zero-order valence-electron chi connectivity index (χ0n) is 17.5. The first-order valence-corrected chi connectivity index (χ1v) is 11.0. The Labute approximate surface area is 174 Å². The van der Waals surface area contributed by atoms with Crippen LogP contribution in [-0.4, -0.2) is 37.6 Å². The van der Waals surface area contributed by atoms with Gasteiger partial charge < -0.3 is 15.5 Å². The number of anilines is 1. The molecule has 2 aliphatic rings. The van der Waals surface area contributed by atoms with Crippen LogP contribution in [0.15, 0.2) is 53.7 Å². The van der Waals surface area contributed by atoms with Crippen LogP contribution >= 0.6 is 0 Å². The fourth-order valence-electron chi connectivity index (χ4n) is 4.49. The Morgan fingerprint density at radius 3 is 2.52 bits per heavy atom. The average molecular weight is 392 g/mol. The van der Waals surface area contributed by atoms with Crippen molar-refractivity contribution in [2.75, 3.05) is 31.6 Å². The smallest absolute Gasteiger partial charge is 0.191 e. The summed E-state index contributed by atoms with van der Waals surface area (Å²) in [5.41, 5.74) is 2.93. The van der Waals surface area contributed by atoms with E-state index in [9.17, 15) is 0 Å². The van der Waals surface area contributed by atoms with Crippen LogP contribution in [-0.2, 0) is 12.0 Å². The number of hydrogen-bond acceptors (Lipinski definition) is 3. The van der Waals surface area contributed by atoms with Gasteiger partial charge in [-0.25, -0.2) is 4.98 Å². The summed E-state index contributed by atoms with van der Waals surface area (Å²) >= 11 is 0. The van der Waals surface area contributed by atoms with Crippen molar-refractivity contribution in [3.8, 4) is 0 Å². The van der Waals surface area contributed by atoms with Gasteiger partial charge in [-0.2, -0.15) is 0 Å². The molecule has 2 heterocycles. The Balaban J connectivity index is 1.33. The van der Waals surface area contributed by atoms with Crippen LogP contribution in [0.1, 0.15) is 49.7 Å². The monoisotopic (exact) mass is 391 g/mol. The second-order valence-electron chi connectivity index (χ2n) is 8.35. The predicted molar refractivity (Wildman–Crippen MR) is 120 cm³/mol. The number of rotatable bonds is 6. The van der Waals surface area contributed by atoms with Crippen LogP contribution in [0.5, 0.6) is 0 Å². The maximum Gasteiger partial charge on any atom is 0.191 e. The van der Waals surface area contributed by atoms with Crippen molar-refractivity contribution in [3.05, 3.63) is 59.8 Å². The van der Waals surface area contributed by atoms with Gasteiger partial charge in [0.05, 0.1) is 0 Å². The molecule has 1 aromatic heterocycles. The lowest BCUT2D eigenvalue weighted by Crippen LogP contribution is -2.48. The SMILES string of the molecule is CN=C(NCc1ccnc(N2CCCCC2)c1)NCC1(c2ccccc2)CCC1. The molecule has 1 saturated heterocycles. The van der Waals surface area contributed by atoms with E-state index in [1.165, 1.54) is 49.7 Å². The second-order valence-corrected chi connectivity index (χ2v) is 8.35. The van der Waals surface area contributed by atoms with Crippen molar-refractivity contribution in [2.45, 2.75) is 50.5 Å². The first kappa shape index (κ1) is 19.7. The van der Waals surface area contributed by atoms with Crippen molar-refractivity contribution >= 4 is 11.8 Å². The van der Waals surface area contributed by atoms with E-state index in [0.717, 1.165) is 38.0 Å². The fourth-order valence-corrected chi connectivity index (χ4v) is 4.49. The highest BCUT2D eigenvalue weighted by molar-refractivity contribution is 5.79. The molecule has 0 amide bonds. The summed E-state index contributed by atoms with van der Waals surface area (Å²) in [6.07, 6.45) is 9.59. The Bertz CT molecular complexity index is 807. The van der Waals surface area contributed by atoms with E-state index >= 15 is 0 Å². The van der Waals surface area contributed by atoms with Gasteiger partial charge in [-0.05, 0) is 55.4 Å². The molecule has 0 bridgehead atoms. The number of guanidine groups is 1. The third-order valence-corrected chi connectivity index (χ3v) is 6.46.